The van der Waals surface area contributed by atoms with Gasteiger partial charge in [-0.05, 0) is 24.6 Å². The first-order valence-electron chi connectivity index (χ1n) is 7.89. The third-order valence-electron chi connectivity index (χ3n) is 3.47. The number of amides is 1. The lowest BCUT2D eigenvalue weighted by atomic mass is 10.0. The van der Waals surface area contributed by atoms with E-state index in [-0.39, 0.29) is 17.1 Å². The van der Waals surface area contributed by atoms with Crippen molar-refractivity contribution in [1.82, 2.24) is 5.32 Å². The van der Waals surface area contributed by atoms with E-state index >= 15 is 0 Å². The number of carbonyl (C=O) groups is 2. The van der Waals surface area contributed by atoms with Gasteiger partial charge in [-0.2, -0.15) is 0 Å². The Morgan fingerprint density at radius 2 is 1.83 bits per heavy atom. The van der Waals surface area contributed by atoms with E-state index < -0.39 is 6.09 Å². The minimum absolute atomic E-state index is 0.207. The van der Waals surface area contributed by atoms with Gasteiger partial charge in [0, 0.05) is 12.1 Å². The molecule has 24 heavy (non-hydrogen) atoms. The number of hydrogen-bond donors (Lipinski definition) is 1. The molecular weight excluding hydrogens is 306 g/mol. The second kappa shape index (κ2) is 8.72. The van der Waals surface area contributed by atoms with E-state index in [2.05, 4.69) is 5.32 Å². The van der Waals surface area contributed by atoms with Crippen LogP contribution in [0.3, 0.4) is 0 Å². The van der Waals surface area contributed by atoms with Crippen molar-refractivity contribution in [2.24, 2.45) is 0 Å². The summed E-state index contributed by atoms with van der Waals surface area (Å²) in [6.07, 6.45) is 1.27. The molecule has 0 aliphatic rings. The Morgan fingerprint density at radius 1 is 1.08 bits per heavy atom. The van der Waals surface area contributed by atoms with Crippen LogP contribution in [0, 0.1) is 0 Å². The van der Waals surface area contributed by atoms with Gasteiger partial charge >= 0.3 is 6.09 Å². The average molecular weight is 327 g/mol. The summed E-state index contributed by atoms with van der Waals surface area (Å²) in [7, 11) is 1.52. The number of rotatable bonds is 7. The lowest BCUT2D eigenvalue weighted by molar-refractivity contribution is 0.103. The lowest BCUT2D eigenvalue weighted by Gasteiger charge is -2.12. The van der Waals surface area contributed by atoms with Crippen LogP contribution in [-0.4, -0.2) is 25.5 Å². The molecule has 0 saturated heterocycles. The summed E-state index contributed by atoms with van der Waals surface area (Å²) in [4.78, 5) is 24.6. The van der Waals surface area contributed by atoms with Crippen LogP contribution in [0.1, 0.15) is 35.7 Å². The van der Waals surface area contributed by atoms with Gasteiger partial charge in [0.15, 0.2) is 5.78 Å². The monoisotopic (exact) mass is 327 g/mol. The Morgan fingerprint density at radius 3 is 2.50 bits per heavy atom. The Hall–Kier alpha value is -2.82. The second-order valence-electron chi connectivity index (χ2n) is 5.23. The van der Waals surface area contributed by atoms with Crippen molar-refractivity contribution < 1.29 is 19.1 Å². The predicted octanol–water partition coefficient (Wildman–Crippen LogP) is 3.81. The molecule has 1 N–H and O–H groups in total. The number of ketones is 1. The normalized spacial score (nSPS) is 10.1. The standard InChI is InChI=1S/C19H21NO4/c1-3-4-12-20-19(22)24-17-11-10-15(23-2)13-16(17)18(21)14-8-6-5-7-9-14/h5-11,13H,3-4,12H2,1-2H3,(H,20,22). The number of carbonyl (C=O) groups excluding carboxylic acids is 2. The van der Waals surface area contributed by atoms with E-state index in [9.17, 15) is 9.59 Å². The van der Waals surface area contributed by atoms with E-state index in [4.69, 9.17) is 9.47 Å². The topological polar surface area (TPSA) is 64.6 Å². The zero-order valence-electron chi connectivity index (χ0n) is 13.9. The van der Waals surface area contributed by atoms with E-state index in [0.717, 1.165) is 12.8 Å². The van der Waals surface area contributed by atoms with Crippen molar-refractivity contribution in [2.75, 3.05) is 13.7 Å². The van der Waals surface area contributed by atoms with Crippen molar-refractivity contribution in [2.45, 2.75) is 19.8 Å². The van der Waals surface area contributed by atoms with Gasteiger partial charge in [-0.1, -0.05) is 43.7 Å². The Balaban J connectivity index is 2.25. The summed E-state index contributed by atoms with van der Waals surface area (Å²) in [5, 5.41) is 2.66. The summed E-state index contributed by atoms with van der Waals surface area (Å²) in [5.41, 5.74) is 0.799. The molecule has 0 aromatic heterocycles. The van der Waals surface area contributed by atoms with Gasteiger partial charge in [-0.25, -0.2) is 4.79 Å². The maximum Gasteiger partial charge on any atom is 0.412 e. The van der Waals surface area contributed by atoms with Gasteiger partial charge in [-0.15, -0.1) is 0 Å². The van der Waals surface area contributed by atoms with E-state index in [0.29, 0.717) is 17.9 Å². The fourth-order valence-corrected chi connectivity index (χ4v) is 2.15. The summed E-state index contributed by atoms with van der Waals surface area (Å²) in [6, 6.07) is 13.6. The maximum atomic E-state index is 12.7. The first-order chi connectivity index (χ1) is 11.7. The highest BCUT2D eigenvalue weighted by atomic mass is 16.6. The summed E-state index contributed by atoms with van der Waals surface area (Å²) in [6.45, 7) is 2.57. The molecule has 0 saturated carbocycles. The van der Waals surface area contributed by atoms with Crippen LogP contribution >= 0.6 is 0 Å². The highest BCUT2D eigenvalue weighted by Gasteiger charge is 2.18. The minimum atomic E-state index is -0.573. The Labute approximate surface area is 141 Å². The molecule has 5 heteroatoms. The first-order valence-corrected chi connectivity index (χ1v) is 7.89. The van der Waals surface area contributed by atoms with Gasteiger partial charge in [0.1, 0.15) is 11.5 Å². The molecule has 0 spiro atoms. The third kappa shape index (κ3) is 4.59. The molecule has 0 aliphatic heterocycles. The summed E-state index contributed by atoms with van der Waals surface area (Å²) < 4.78 is 10.5. The molecule has 2 aromatic carbocycles. The highest BCUT2D eigenvalue weighted by molar-refractivity contribution is 6.11. The number of hydrogen-bond acceptors (Lipinski definition) is 4. The number of unbranched alkanes of at least 4 members (excludes halogenated alkanes) is 1. The highest BCUT2D eigenvalue weighted by Crippen LogP contribution is 2.26. The minimum Gasteiger partial charge on any atom is -0.497 e. The quantitative estimate of drug-likeness (QED) is 0.620. The van der Waals surface area contributed by atoms with Crippen LogP contribution < -0.4 is 14.8 Å². The number of benzene rings is 2. The number of methoxy groups -OCH3 is 1. The number of ether oxygens (including phenoxy) is 2. The molecule has 0 unspecified atom stereocenters. The molecule has 0 bridgehead atoms. The fourth-order valence-electron chi connectivity index (χ4n) is 2.15. The summed E-state index contributed by atoms with van der Waals surface area (Å²) >= 11 is 0. The molecule has 126 valence electrons. The SMILES string of the molecule is CCCCNC(=O)Oc1ccc(OC)cc1C(=O)c1ccccc1. The van der Waals surface area contributed by atoms with Crippen molar-refractivity contribution in [3.63, 3.8) is 0 Å². The lowest BCUT2D eigenvalue weighted by Crippen LogP contribution is -2.28. The van der Waals surface area contributed by atoms with Crippen LogP contribution in [0.15, 0.2) is 48.5 Å². The molecule has 1 amide bonds. The van der Waals surface area contributed by atoms with E-state index in [1.807, 2.05) is 13.0 Å². The van der Waals surface area contributed by atoms with Crippen LogP contribution in [0.4, 0.5) is 4.79 Å². The Kier molecular flexibility index (Phi) is 6.37. The molecule has 0 atom stereocenters. The molecular formula is C19H21NO4. The van der Waals surface area contributed by atoms with E-state index in [1.165, 1.54) is 7.11 Å². The first kappa shape index (κ1) is 17.5. The second-order valence-corrected chi connectivity index (χ2v) is 5.23. The Bertz CT molecular complexity index is 698. The average Bonchev–Trinajstić information content (AvgIpc) is 2.62. The van der Waals surface area contributed by atoms with Gasteiger partial charge in [0.05, 0.1) is 12.7 Å². The zero-order valence-corrected chi connectivity index (χ0v) is 13.9. The molecule has 5 nitrogen and oxygen atoms in total. The van der Waals surface area contributed by atoms with Crippen LogP contribution in [0.2, 0.25) is 0 Å². The van der Waals surface area contributed by atoms with Crippen molar-refractivity contribution in [1.29, 1.82) is 0 Å². The van der Waals surface area contributed by atoms with Crippen molar-refractivity contribution in [3.8, 4) is 11.5 Å². The van der Waals surface area contributed by atoms with Gasteiger partial charge in [-0.3, -0.25) is 4.79 Å². The van der Waals surface area contributed by atoms with Crippen molar-refractivity contribution in [3.05, 3.63) is 59.7 Å². The molecule has 0 radical (unpaired) electrons. The fraction of sp³-hybridized carbons (Fsp3) is 0.263. The smallest absolute Gasteiger partial charge is 0.412 e. The third-order valence-corrected chi connectivity index (χ3v) is 3.47. The molecule has 2 rings (SSSR count). The van der Waals surface area contributed by atoms with E-state index in [1.54, 1.807) is 42.5 Å². The predicted molar refractivity (Wildman–Crippen MR) is 91.8 cm³/mol. The van der Waals surface area contributed by atoms with Gasteiger partial charge < -0.3 is 14.8 Å². The van der Waals surface area contributed by atoms with Crippen LogP contribution in [0.5, 0.6) is 11.5 Å². The summed E-state index contributed by atoms with van der Waals surface area (Å²) in [5.74, 6) is 0.498. The van der Waals surface area contributed by atoms with Crippen molar-refractivity contribution >= 4 is 11.9 Å². The van der Waals surface area contributed by atoms with Gasteiger partial charge in [0.2, 0.25) is 0 Å². The molecule has 0 aliphatic carbocycles. The number of nitrogens with one attached hydrogen (secondary N) is 1. The molecule has 2 aromatic rings. The van der Waals surface area contributed by atoms with Crippen LogP contribution in [0.25, 0.3) is 0 Å². The largest absolute Gasteiger partial charge is 0.497 e. The molecule has 0 fully saturated rings. The van der Waals surface area contributed by atoms with Crippen LogP contribution in [-0.2, 0) is 0 Å². The van der Waals surface area contributed by atoms with Gasteiger partial charge in [0.25, 0.3) is 0 Å². The molecule has 0 heterocycles. The zero-order chi connectivity index (χ0) is 17.4. The maximum absolute atomic E-state index is 12.7.